The van der Waals surface area contributed by atoms with Gasteiger partial charge in [0.2, 0.25) is 0 Å². The molecule has 0 bridgehead atoms. The second-order valence-electron chi connectivity index (χ2n) is 8.53. The van der Waals surface area contributed by atoms with E-state index in [-0.39, 0.29) is 11.3 Å². The molecule has 0 unspecified atom stereocenters. The number of aryl methyl sites for hydroxylation is 1. The highest BCUT2D eigenvalue weighted by Crippen LogP contribution is 2.37. The first kappa shape index (κ1) is 20.8. The number of carbonyl (C=O) groups is 1. The number of hydrogen-bond donors (Lipinski definition) is 2. The van der Waals surface area contributed by atoms with Gasteiger partial charge in [-0.3, -0.25) is 19.6 Å². The van der Waals surface area contributed by atoms with Crippen LogP contribution in [-0.2, 0) is 16.8 Å². The lowest BCUT2D eigenvalue weighted by atomic mass is 9.70. The fourth-order valence-electron chi connectivity index (χ4n) is 4.70. The second kappa shape index (κ2) is 8.11. The van der Waals surface area contributed by atoms with E-state index in [2.05, 4.69) is 32.2 Å². The third-order valence-electron chi connectivity index (χ3n) is 6.61. The van der Waals surface area contributed by atoms with Gasteiger partial charge in [-0.25, -0.2) is 4.98 Å². The van der Waals surface area contributed by atoms with E-state index in [0.717, 1.165) is 47.6 Å². The Kier molecular flexibility index (Phi) is 5.27. The monoisotopic (exact) mass is 447 g/mol. The lowest BCUT2D eigenvalue weighted by molar-refractivity contribution is -0.124. The zero-order valence-electron chi connectivity index (χ0n) is 18.1. The number of likely N-dealkylation sites (tertiary alicyclic amines) is 1. The summed E-state index contributed by atoms with van der Waals surface area (Å²) in [4.78, 5) is 36.3. The summed E-state index contributed by atoms with van der Waals surface area (Å²) in [6.07, 6.45) is 3.30. The molecule has 1 aromatic carbocycles. The van der Waals surface area contributed by atoms with Gasteiger partial charge in [-0.15, -0.1) is 11.3 Å². The van der Waals surface area contributed by atoms with Gasteiger partial charge in [-0.05, 0) is 51.4 Å². The highest BCUT2D eigenvalue weighted by atomic mass is 32.1. The summed E-state index contributed by atoms with van der Waals surface area (Å²) >= 11 is 1.43. The molecule has 1 aliphatic rings. The summed E-state index contributed by atoms with van der Waals surface area (Å²) in [6.45, 7) is 5.77. The highest BCUT2D eigenvalue weighted by Gasteiger charge is 2.40. The Morgan fingerprint density at radius 2 is 1.97 bits per heavy atom. The van der Waals surface area contributed by atoms with Gasteiger partial charge in [-0.2, -0.15) is 5.10 Å². The number of nitrogens with zero attached hydrogens (tertiary/aromatic N) is 3. The SMILES string of the molecule is CC(=O)C1(c2ccccc2)CCN(Cc2nc3cc(-c4cn[nH]c4C)sc3c(=O)[nH]2)CC1. The van der Waals surface area contributed by atoms with Crippen LogP contribution in [0.5, 0.6) is 0 Å². The van der Waals surface area contributed by atoms with Crippen molar-refractivity contribution < 1.29 is 4.79 Å². The fraction of sp³-hybridized carbons (Fsp3) is 0.333. The summed E-state index contributed by atoms with van der Waals surface area (Å²) < 4.78 is 0.627. The number of rotatable bonds is 5. The number of piperidine rings is 1. The minimum Gasteiger partial charge on any atom is -0.308 e. The summed E-state index contributed by atoms with van der Waals surface area (Å²) in [5.74, 6) is 0.877. The molecule has 0 atom stereocenters. The van der Waals surface area contributed by atoms with Crippen molar-refractivity contribution in [1.82, 2.24) is 25.1 Å². The lowest BCUT2D eigenvalue weighted by Gasteiger charge is -2.40. The van der Waals surface area contributed by atoms with E-state index in [1.165, 1.54) is 11.3 Å². The average molecular weight is 448 g/mol. The van der Waals surface area contributed by atoms with Gasteiger partial charge in [0.25, 0.3) is 5.56 Å². The molecule has 0 radical (unpaired) electrons. The Morgan fingerprint density at radius 3 is 2.62 bits per heavy atom. The van der Waals surface area contributed by atoms with Crippen molar-refractivity contribution in [2.45, 2.75) is 38.6 Å². The van der Waals surface area contributed by atoms with Crippen LogP contribution < -0.4 is 5.56 Å². The Bertz CT molecular complexity index is 1330. The van der Waals surface area contributed by atoms with E-state index >= 15 is 0 Å². The van der Waals surface area contributed by atoms with Crippen LogP contribution in [0.3, 0.4) is 0 Å². The number of fused-ring (bicyclic) bond motifs is 1. The predicted molar refractivity (Wildman–Crippen MR) is 126 cm³/mol. The zero-order valence-corrected chi connectivity index (χ0v) is 19.0. The molecule has 5 rings (SSSR count). The first-order valence-corrected chi connectivity index (χ1v) is 11.6. The molecule has 7 nitrogen and oxygen atoms in total. The molecular weight excluding hydrogens is 422 g/mol. The van der Waals surface area contributed by atoms with Crippen LogP contribution in [0.4, 0.5) is 0 Å². The zero-order chi connectivity index (χ0) is 22.3. The van der Waals surface area contributed by atoms with Gasteiger partial charge < -0.3 is 4.98 Å². The number of hydrogen-bond acceptors (Lipinski definition) is 6. The smallest absolute Gasteiger partial charge is 0.268 e. The number of benzene rings is 1. The normalized spacial score (nSPS) is 16.4. The van der Waals surface area contributed by atoms with Crippen LogP contribution >= 0.6 is 11.3 Å². The topological polar surface area (TPSA) is 94.7 Å². The van der Waals surface area contributed by atoms with Crippen LogP contribution in [0.15, 0.2) is 47.4 Å². The molecule has 1 fully saturated rings. The van der Waals surface area contributed by atoms with Crippen LogP contribution in [0, 0.1) is 6.92 Å². The summed E-state index contributed by atoms with van der Waals surface area (Å²) in [6, 6.07) is 12.0. The number of H-pyrrole nitrogens is 2. The van der Waals surface area contributed by atoms with Crippen molar-refractivity contribution in [2.24, 2.45) is 0 Å². The minimum absolute atomic E-state index is 0.109. The van der Waals surface area contributed by atoms with Crippen LogP contribution in [0.1, 0.15) is 36.8 Å². The van der Waals surface area contributed by atoms with Gasteiger partial charge in [0, 0.05) is 16.1 Å². The molecule has 1 aliphatic heterocycles. The minimum atomic E-state index is -0.423. The van der Waals surface area contributed by atoms with Gasteiger partial charge in [-0.1, -0.05) is 30.3 Å². The Labute approximate surface area is 189 Å². The Morgan fingerprint density at radius 1 is 1.22 bits per heavy atom. The largest absolute Gasteiger partial charge is 0.308 e. The molecule has 4 aromatic rings. The number of thiophene rings is 1. The van der Waals surface area contributed by atoms with Crippen LogP contribution in [-0.4, -0.2) is 43.9 Å². The molecule has 8 heteroatoms. The molecule has 32 heavy (non-hydrogen) atoms. The van der Waals surface area contributed by atoms with E-state index in [1.54, 1.807) is 13.1 Å². The third-order valence-corrected chi connectivity index (χ3v) is 7.77. The van der Waals surface area contributed by atoms with E-state index < -0.39 is 5.41 Å². The molecule has 2 N–H and O–H groups in total. The first-order chi connectivity index (χ1) is 15.5. The quantitative estimate of drug-likeness (QED) is 0.485. The molecule has 0 aliphatic carbocycles. The van der Waals surface area contributed by atoms with Crippen molar-refractivity contribution in [2.75, 3.05) is 13.1 Å². The molecule has 164 valence electrons. The summed E-state index contributed by atoms with van der Waals surface area (Å²) in [5.41, 5.74) is 3.24. The van der Waals surface area contributed by atoms with Crippen molar-refractivity contribution in [3.05, 3.63) is 70.0 Å². The molecule has 0 amide bonds. The van der Waals surface area contributed by atoms with Crippen molar-refractivity contribution in [3.8, 4) is 10.4 Å². The second-order valence-corrected chi connectivity index (χ2v) is 9.58. The fourth-order valence-corrected chi connectivity index (χ4v) is 5.76. The maximum Gasteiger partial charge on any atom is 0.268 e. The highest BCUT2D eigenvalue weighted by molar-refractivity contribution is 7.22. The predicted octanol–water partition coefficient (Wildman–Crippen LogP) is 3.81. The number of Topliss-reactive ketones (excluding diaryl/α,β-unsaturated/α-hetero) is 1. The lowest BCUT2D eigenvalue weighted by Crippen LogP contribution is -2.46. The van der Waals surface area contributed by atoms with E-state index in [1.807, 2.05) is 31.2 Å². The van der Waals surface area contributed by atoms with Crippen molar-refractivity contribution >= 4 is 27.3 Å². The number of aromatic nitrogens is 4. The summed E-state index contributed by atoms with van der Waals surface area (Å²) in [7, 11) is 0. The molecule has 4 heterocycles. The van der Waals surface area contributed by atoms with Gasteiger partial charge in [0.1, 0.15) is 16.3 Å². The molecular formula is C24H25N5O2S. The maximum atomic E-state index is 12.7. The van der Waals surface area contributed by atoms with Crippen molar-refractivity contribution in [1.29, 1.82) is 0 Å². The average Bonchev–Trinajstić information content (AvgIpc) is 3.41. The molecule has 0 saturated carbocycles. The number of nitrogens with one attached hydrogen (secondary N) is 2. The van der Waals surface area contributed by atoms with Crippen LogP contribution in [0.25, 0.3) is 20.7 Å². The number of ketones is 1. The van der Waals surface area contributed by atoms with Crippen molar-refractivity contribution in [3.63, 3.8) is 0 Å². The van der Waals surface area contributed by atoms with Crippen LogP contribution in [0.2, 0.25) is 0 Å². The van der Waals surface area contributed by atoms with Gasteiger partial charge in [0.15, 0.2) is 0 Å². The molecule has 1 saturated heterocycles. The third kappa shape index (κ3) is 3.59. The standard InChI is InChI=1S/C24H25N5O2S/c1-15-18(13-25-28-15)20-12-19-22(32-20)23(31)27-21(26-19)14-29-10-8-24(9-11-29,16(2)30)17-6-4-3-5-7-17/h3-7,12-13H,8-11,14H2,1-2H3,(H,25,28)(H,26,27,31). The summed E-state index contributed by atoms with van der Waals surface area (Å²) in [5, 5.41) is 7.01. The van der Waals surface area contributed by atoms with Gasteiger partial charge in [0.05, 0.1) is 23.7 Å². The van der Waals surface area contributed by atoms with E-state index in [9.17, 15) is 9.59 Å². The van der Waals surface area contributed by atoms with Gasteiger partial charge >= 0.3 is 0 Å². The molecule has 0 spiro atoms. The Balaban J connectivity index is 1.36. The maximum absolute atomic E-state index is 12.7. The van der Waals surface area contributed by atoms with E-state index in [0.29, 0.717) is 22.6 Å². The number of carbonyl (C=O) groups excluding carboxylic acids is 1. The Hall–Kier alpha value is -3.10. The molecule has 3 aromatic heterocycles. The first-order valence-electron chi connectivity index (χ1n) is 10.8. The number of aromatic amines is 2. The van der Waals surface area contributed by atoms with E-state index in [4.69, 9.17) is 4.98 Å².